The third-order valence-corrected chi connectivity index (χ3v) is 5.17. The molecule has 1 aromatic carbocycles. The summed E-state index contributed by atoms with van der Waals surface area (Å²) in [6, 6.07) is 6.24. The van der Waals surface area contributed by atoms with Crippen molar-refractivity contribution in [2.45, 2.75) is 18.9 Å². The second kappa shape index (κ2) is 4.62. The largest absolute Gasteiger partial charge is 0.283 e. The maximum Gasteiger partial charge on any atom is 0.197 e. The average Bonchev–Trinajstić information content (AvgIpc) is 2.83. The van der Waals surface area contributed by atoms with Gasteiger partial charge in [-0.25, -0.2) is 4.98 Å². The minimum atomic E-state index is 0.224. The van der Waals surface area contributed by atoms with Crippen LogP contribution in [0.4, 0.5) is 0 Å². The van der Waals surface area contributed by atoms with Gasteiger partial charge in [0, 0.05) is 0 Å². The summed E-state index contributed by atoms with van der Waals surface area (Å²) in [6.07, 6.45) is 1.88. The molecule has 0 aliphatic rings. The fraction of sp³-hybridized carbons (Fsp3) is 0.214. The molecule has 3 aromatic rings. The Kier molecular flexibility index (Phi) is 3.04. The quantitative estimate of drug-likeness (QED) is 0.554. The predicted molar refractivity (Wildman–Crippen MR) is 82.4 cm³/mol. The Morgan fingerprint density at radius 2 is 2.05 bits per heavy atom. The Bertz CT molecular complexity index is 944. The zero-order valence-electron chi connectivity index (χ0n) is 11.3. The predicted octanol–water partition coefficient (Wildman–Crippen LogP) is 3.24. The molecular formula is C14H12N4S2. The van der Waals surface area contributed by atoms with E-state index in [-0.39, 0.29) is 5.49 Å². The molecule has 0 saturated heterocycles. The van der Waals surface area contributed by atoms with Crippen LogP contribution in [0.2, 0.25) is 0 Å². The molecule has 100 valence electrons. The monoisotopic (exact) mass is 300 g/mol. The molecule has 0 aliphatic carbocycles. The van der Waals surface area contributed by atoms with Crippen molar-refractivity contribution < 1.29 is 0 Å². The van der Waals surface area contributed by atoms with Crippen molar-refractivity contribution in [2.75, 3.05) is 6.26 Å². The van der Waals surface area contributed by atoms with Crippen LogP contribution in [-0.4, -0.2) is 15.6 Å². The minimum absolute atomic E-state index is 0.224. The summed E-state index contributed by atoms with van der Waals surface area (Å²) in [7, 11) is 0. The summed E-state index contributed by atoms with van der Waals surface area (Å²) >= 11 is 2.98. The van der Waals surface area contributed by atoms with Crippen LogP contribution in [0.15, 0.2) is 17.2 Å². The number of fused-ring (bicyclic) bond motifs is 3. The summed E-state index contributed by atoms with van der Waals surface area (Å²) in [5.74, 6) is 0. The first-order valence-corrected chi connectivity index (χ1v) is 8.06. The molecule has 0 aliphatic heterocycles. The number of rotatable bonds is 1. The molecule has 6 heteroatoms. The third kappa shape index (κ3) is 1.67. The molecular weight excluding hydrogens is 288 g/mol. The molecule has 0 radical (unpaired) electrons. The molecule has 0 fully saturated rings. The van der Waals surface area contributed by atoms with Crippen LogP contribution in [0.25, 0.3) is 15.2 Å². The molecule has 3 rings (SSSR count). The van der Waals surface area contributed by atoms with Crippen molar-refractivity contribution in [3.63, 3.8) is 0 Å². The summed E-state index contributed by atoms with van der Waals surface area (Å²) < 4.78 is 2.92. The smallest absolute Gasteiger partial charge is 0.197 e. The lowest BCUT2D eigenvalue weighted by molar-refractivity contribution is 0.952. The molecule has 0 spiro atoms. The van der Waals surface area contributed by atoms with E-state index in [1.165, 1.54) is 17.3 Å². The molecule has 0 saturated carbocycles. The van der Waals surface area contributed by atoms with Gasteiger partial charge in [-0.05, 0) is 31.2 Å². The SMILES string of the molecule is CSc1nc2sc3c(C)ccc(C)c3n2c(=N)c1C#N. The fourth-order valence-electron chi connectivity index (χ4n) is 2.29. The molecule has 0 bridgehead atoms. The number of hydrogen-bond acceptors (Lipinski definition) is 5. The van der Waals surface area contributed by atoms with Crippen molar-refractivity contribution >= 4 is 38.3 Å². The van der Waals surface area contributed by atoms with Gasteiger partial charge in [-0.15, -0.1) is 11.8 Å². The second-order valence-electron chi connectivity index (χ2n) is 4.55. The van der Waals surface area contributed by atoms with Crippen LogP contribution in [0.5, 0.6) is 0 Å². The van der Waals surface area contributed by atoms with Crippen molar-refractivity contribution in [1.82, 2.24) is 9.38 Å². The number of thiazole rings is 1. The molecule has 20 heavy (non-hydrogen) atoms. The third-order valence-electron chi connectivity index (χ3n) is 3.31. The number of nitriles is 1. The molecule has 0 unspecified atom stereocenters. The van der Waals surface area contributed by atoms with Crippen molar-refractivity contribution in [3.8, 4) is 6.07 Å². The van der Waals surface area contributed by atoms with E-state index >= 15 is 0 Å². The highest BCUT2D eigenvalue weighted by molar-refractivity contribution is 7.98. The number of nitrogens with one attached hydrogen (secondary N) is 1. The first kappa shape index (κ1) is 13.2. The van der Waals surface area contributed by atoms with Crippen LogP contribution in [0, 0.1) is 30.6 Å². The van der Waals surface area contributed by atoms with E-state index < -0.39 is 0 Å². The molecule has 0 atom stereocenters. The Balaban J connectivity index is 2.65. The lowest BCUT2D eigenvalue weighted by atomic mass is 10.1. The highest BCUT2D eigenvalue weighted by Gasteiger charge is 2.15. The van der Waals surface area contributed by atoms with Gasteiger partial charge in [-0.2, -0.15) is 5.26 Å². The van der Waals surface area contributed by atoms with Crippen molar-refractivity contribution in [2.24, 2.45) is 0 Å². The van der Waals surface area contributed by atoms with Crippen LogP contribution in [0.3, 0.4) is 0 Å². The van der Waals surface area contributed by atoms with Crippen LogP contribution < -0.4 is 5.49 Å². The highest BCUT2D eigenvalue weighted by Crippen LogP contribution is 2.30. The Hall–Kier alpha value is -1.84. The fourth-order valence-corrected chi connectivity index (χ4v) is 4.05. The van der Waals surface area contributed by atoms with Gasteiger partial charge < -0.3 is 0 Å². The van der Waals surface area contributed by atoms with E-state index in [1.54, 1.807) is 15.7 Å². The van der Waals surface area contributed by atoms with Gasteiger partial charge in [0.2, 0.25) is 0 Å². The van der Waals surface area contributed by atoms with E-state index in [0.717, 1.165) is 20.7 Å². The summed E-state index contributed by atoms with van der Waals surface area (Å²) in [5.41, 5.74) is 3.83. The normalized spacial score (nSPS) is 11.1. The average molecular weight is 300 g/mol. The van der Waals surface area contributed by atoms with Crippen molar-refractivity contribution in [3.05, 3.63) is 34.3 Å². The maximum atomic E-state index is 9.29. The molecule has 2 aromatic heterocycles. The van der Waals surface area contributed by atoms with Crippen LogP contribution in [-0.2, 0) is 0 Å². The van der Waals surface area contributed by atoms with E-state index in [1.807, 2.05) is 19.2 Å². The summed E-state index contributed by atoms with van der Waals surface area (Å²) in [5, 5.41) is 18.3. The Morgan fingerprint density at radius 1 is 1.35 bits per heavy atom. The van der Waals surface area contributed by atoms with E-state index in [9.17, 15) is 5.26 Å². The van der Waals surface area contributed by atoms with E-state index in [0.29, 0.717) is 10.6 Å². The van der Waals surface area contributed by atoms with Crippen molar-refractivity contribution in [1.29, 1.82) is 10.7 Å². The Morgan fingerprint density at radius 3 is 2.70 bits per heavy atom. The number of thioether (sulfide) groups is 1. The van der Waals surface area contributed by atoms with Crippen LogP contribution in [0.1, 0.15) is 16.7 Å². The van der Waals surface area contributed by atoms with Gasteiger partial charge in [0.1, 0.15) is 16.7 Å². The first-order chi connectivity index (χ1) is 9.58. The highest BCUT2D eigenvalue weighted by atomic mass is 32.2. The number of aromatic nitrogens is 2. The Labute approximate surface area is 124 Å². The van der Waals surface area contributed by atoms with Gasteiger partial charge >= 0.3 is 0 Å². The standard InChI is InChI=1S/C14H12N4S2/c1-7-4-5-8(2)11-10(7)18-12(16)9(6-15)13(19-3)17-14(18)20-11/h4-5,16H,1-3H3. The van der Waals surface area contributed by atoms with Gasteiger partial charge in [-0.1, -0.05) is 23.5 Å². The number of hydrogen-bond donors (Lipinski definition) is 1. The molecule has 2 heterocycles. The lowest BCUT2D eigenvalue weighted by Gasteiger charge is -2.04. The zero-order chi connectivity index (χ0) is 14.4. The zero-order valence-corrected chi connectivity index (χ0v) is 12.9. The second-order valence-corrected chi connectivity index (χ2v) is 6.33. The number of benzene rings is 1. The summed E-state index contributed by atoms with van der Waals surface area (Å²) in [4.78, 5) is 5.32. The van der Waals surface area contributed by atoms with Gasteiger partial charge in [0.15, 0.2) is 10.4 Å². The number of aryl methyl sites for hydroxylation is 2. The molecule has 1 N–H and O–H groups in total. The van der Waals surface area contributed by atoms with Gasteiger partial charge in [0.25, 0.3) is 0 Å². The topological polar surface area (TPSA) is 64.9 Å². The molecule has 0 amide bonds. The minimum Gasteiger partial charge on any atom is -0.283 e. The molecule has 4 nitrogen and oxygen atoms in total. The summed E-state index contributed by atoms with van der Waals surface area (Å²) in [6.45, 7) is 4.08. The number of nitrogens with zero attached hydrogens (tertiary/aromatic N) is 3. The van der Waals surface area contributed by atoms with Gasteiger partial charge in [-0.3, -0.25) is 9.81 Å². The lowest BCUT2D eigenvalue weighted by Crippen LogP contribution is -2.18. The van der Waals surface area contributed by atoms with Crippen LogP contribution >= 0.6 is 23.1 Å². The first-order valence-electron chi connectivity index (χ1n) is 6.02. The maximum absolute atomic E-state index is 9.29. The van der Waals surface area contributed by atoms with E-state index in [2.05, 4.69) is 24.0 Å². The van der Waals surface area contributed by atoms with E-state index in [4.69, 9.17) is 5.41 Å². The van der Waals surface area contributed by atoms with Gasteiger partial charge in [0.05, 0.1) is 10.2 Å².